The number of imidazole rings is 1. The first kappa shape index (κ1) is 13.2. The lowest BCUT2D eigenvalue weighted by atomic mass is 10.1. The third-order valence-corrected chi connectivity index (χ3v) is 2.78. The molecule has 1 aromatic rings. The van der Waals surface area contributed by atoms with Crippen molar-refractivity contribution in [1.29, 1.82) is 0 Å². The van der Waals surface area contributed by atoms with Crippen LogP contribution in [0.25, 0.3) is 0 Å². The Morgan fingerprint density at radius 2 is 2.19 bits per heavy atom. The number of hydrogen-bond donors (Lipinski definition) is 1. The molecule has 1 unspecified atom stereocenters. The fourth-order valence-corrected chi connectivity index (χ4v) is 1.83. The lowest BCUT2D eigenvalue weighted by Crippen LogP contribution is -2.41. The molecule has 16 heavy (non-hydrogen) atoms. The predicted molar refractivity (Wildman–Crippen MR) is 65.3 cm³/mol. The first-order valence-electron chi connectivity index (χ1n) is 6.09. The van der Waals surface area contributed by atoms with E-state index in [4.69, 9.17) is 4.74 Å². The molecule has 1 N–H and O–H groups in total. The summed E-state index contributed by atoms with van der Waals surface area (Å²) in [4.78, 5) is 8.94. The van der Waals surface area contributed by atoms with Crippen LogP contribution in [0.2, 0.25) is 0 Å². The van der Waals surface area contributed by atoms with Crippen LogP contribution in [0.3, 0.4) is 0 Å². The molecule has 0 radical (unpaired) electrons. The van der Waals surface area contributed by atoms with Crippen LogP contribution in [0.1, 0.15) is 26.7 Å². The van der Waals surface area contributed by atoms with Crippen LogP contribution in [0.5, 0.6) is 0 Å². The quantitative estimate of drug-likeness (QED) is 0.854. The summed E-state index contributed by atoms with van der Waals surface area (Å²) in [5.41, 5.74) is 0. The van der Waals surface area contributed by atoms with Crippen molar-refractivity contribution in [2.24, 2.45) is 0 Å². The molecule has 1 aliphatic heterocycles. The van der Waals surface area contributed by atoms with E-state index in [0.29, 0.717) is 0 Å². The molecule has 2 rings (SSSR count). The van der Waals surface area contributed by atoms with E-state index >= 15 is 0 Å². The Hall–Kier alpha value is -0.870. The second-order valence-electron chi connectivity index (χ2n) is 4.05. The maximum Gasteiger partial charge on any atom is 0.0919 e. The number of ether oxygens (including phenoxy) is 1. The average Bonchev–Trinajstić information content (AvgIpc) is 2.89. The third kappa shape index (κ3) is 5.28. The van der Waals surface area contributed by atoms with Gasteiger partial charge in [-0.25, -0.2) is 4.98 Å². The van der Waals surface area contributed by atoms with Gasteiger partial charge in [0.25, 0.3) is 0 Å². The van der Waals surface area contributed by atoms with Gasteiger partial charge >= 0.3 is 0 Å². The lowest BCUT2D eigenvalue weighted by Gasteiger charge is -2.32. The Morgan fingerprint density at radius 1 is 1.44 bits per heavy atom. The van der Waals surface area contributed by atoms with Gasteiger partial charge in [0, 0.05) is 31.5 Å². The number of hydrogen-bond acceptors (Lipinski definition) is 3. The summed E-state index contributed by atoms with van der Waals surface area (Å²) < 4.78 is 5.29. The minimum Gasteiger partial charge on any atom is -0.379 e. The summed E-state index contributed by atoms with van der Waals surface area (Å²) in [6, 6.07) is 0.754. The van der Waals surface area contributed by atoms with E-state index in [1.807, 2.05) is 0 Å². The summed E-state index contributed by atoms with van der Waals surface area (Å²) in [5.74, 6) is 0. The van der Waals surface area contributed by atoms with Gasteiger partial charge in [-0.05, 0) is 13.3 Å². The van der Waals surface area contributed by atoms with Gasteiger partial charge < -0.3 is 9.72 Å². The molecule has 92 valence electrons. The molecule has 0 saturated carbocycles. The van der Waals surface area contributed by atoms with Crippen LogP contribution >= 0.6 is 0 Å². The van der Waals surface area contributed by atoms with Gasteiger partial charge in [-0.15, -0.1) is 0 Å². The predicted octanol–water partition coefficient (Wildman–Crippen LogP) is 1.92. The zero-order valence-corrected chi connectivity index (χ0v) is 10.4. The van der Waals surface area contributed by atoms with Crippen molar-refractivity contribution in [3.05, 3.63) is 18.7 Å². The van der Waals surface area contributed by atoms with E-state index in [1.165, 1.54) is 12.8 Å². The highest BCUT2D eigenvalue weighted by Gasteiger charge is 2.15. The molecule has 0 aliphatic carbocycles. The van der Waals surface area contributed by atoms with Crippen molar-refractivity contribution in [3.63, 3.8) is 0 Å². The van der Waals surface area contributed by atoms with E-state index in [0.717, 1.165) is 32.3 Å². The van der Waals surface area contributed by atoms with E-state index in [1.54, 1.807) is 18.7 Å². The molecule has 0 aromatic carbocycles. The number of morpholine rings is 1. The minimum atomic E-state index is 0.754. The molecule has 1 fully saturated rings. The third-order valence-electron chi connectivity index (χ3n) is 2.78. The second kappa shape index (κ2) is 8.30. The van der Waals surface area contributed by atoms with Gasteiger partial charge in [-0.3, -0.25) is 4.90 Å². The number of aromatic amines is 1. The van der Waals surface area contributed by atoms with Crippen molar-refractivity contribution >= 4 is 0 Å². The van der Waals surface area contributed by atoms with E-state index in [2.05, 4.69) is 28.7 Å². The molecule has 4 nitrogen and oxygen atoms in total. The average molecular weight is 225 g/mol. The van der Waals surface area contributed by atoms with Gasteiger partial charge in [0.2, 0.25) is 0 Å². The summed E-state index contributed by atoms with van der Waals surface area (Å²) >= 11 is 0. The molecular formula is C12H23N3O. The van der Waals surface area contributed by atoms with E-state index < -0.39 is 0 Å². The Kier molecular flexibility index (Phi) is 6.85. The molecule has 1 aromatic heterocycles. The fraction of sp³-hybridized carbons (Fsp3) is 0.750. The molecule has 2 heterocycles. The van der Waals surface area contributed by atoms with Crippen molar-refractivity contribution in [3.8, 4) is 0 Å². The van der Waals surface area contributed by atoms with Crippen LogP contribution in [-0.2, 0) is 4.74 Å². The Labute approximate surface area is 98.0 Å². The fourth-order valence-electron chi connectivity index (χ4n) is 1.83. The molecule has 1 atom stereocenters. The minimum absolute atomic E-state index is 0.754. The highest BCUT2D eigenvalue weighted by molar-refractivity contribution is 4.69. The van der Waals surface area contributed by atoms with Crippen molar-refractivity contribution in [2.45, 2.75) is 32.7 Å². The maximum atomic E-state index is 5.29. The van der Waals surface area contributed by atoms with E-state index in [9.17, 15) is 0 Å². The first-order valence-corrected chi connectivity index (χ1v) is 6.09. The molecule has 1 aliphatic rings. The molecule has 1 saturated heterocycles. The monoisotopic (exact) mass is 225 g/mol. The molecule has 4 heteroatoms. The standard InChI is InChI=1S/C9H19NO.C3H4N2/c1-3-4-9(2)10-5-7-11-8-6-10;1-2-5-3-4-1/h9H,3-8H2,1-2H3;1-3H,(H,4,5). The van der Waals surface area contributed by atoms with Gasteiger partial charge in [0.1, 0.15) is 0 Å². The largest absolute Gasteiger partial charge is 0.379 e. The van der Waals surface area contributed by atoms with Crippen molar-refractivity contribution in [1.82, 2.24) is 14.9 Å². The molecule has 0 bridgehead atoms. The van der Waals surface area contributed by atoms with Crippen LogP contribution in [0, 0.1) is 0 Å². The lowest BCUT2D eigenvalue weighted by molar-refractivity contribution is 0.0185. The summed E-state index contributed by atoms with van der Waals surface area (Å²) in [6.45, 7) is 8.66. The van der Waals surface area contributed by atoms with Crippen LogP contribution in [0.4, 0.5) is 0 Å². The molecule has 0 spiro atoms. The summed E-state index contributed by atoms with van der Waals surface area (Å²) in [7, 11) is 0. The van der Waals surface area contributed by atoms with Crippen LogP contribution < -0.4 is 0 Å². The number of H-pyrrole nitrogens is 1. The molecule has 0 amide bonds. The summed E-state index contributed by atoms with van der Waals surface area (Å²) in [5, 5.41) is 0. The highest BCUT2D eigenvalue weighted by atomic mass is 16.5. The van der Waals surface area contributed by atoms with E-state index in [-0.39, 0.29) is 0 Å². The smallest absolute Gasteiger partial charge is 0.0919 e. The van der Waals surface area contributed by atoms with Crippen LogP contribution in [-0.4, -0.2) is 47.2 Å². The number of nitrogens with one attached hydrogen (secondary N) is 1. The SMILES string of the molecule is CCCC(C)N1CCOCC1.c1c[nH]cn1. The van der Waals surface area contributed by atoms with Crippen molar-refractivity contribution in [2.75, 3.05) is 26.3 Å². The maximum absolute atomic E-state index is 5.29. The van der Waals surface area contributed by atoms with Crippen LogP contribution in [0.15, 0.2) is 18.7 Å². The second-order valence-corrected chi connectivity index (χ2v) is 4.05. The first-order chi connectivity index (χ1) is 7.84. The summed E-state index contributed by atoms with van der Waals surface area (Å²) in [6.07, 6.45) is 7.69. The number of aromatic nitrogens is 2. The zero-order chi connectivity index (χ0) is 11.6. The Balaban J connectivity index is 0.000000212. The van der Waals surface area contributed by atoms with Gasteiger partial charge in [-0.1, -0.05) is 13.3 Å². The highest BCUT2D eigenvalue weighted by Crippen LogP contribution is 2.08. The normalized spacial score (nSPS) is 18.6. The topological polar surface area (TPSA) is 41.1 Å². The Morgan fingerprint density at radius 3 is 2.62 bits per heavy atom. The number of nitrogens with zero attached hydrogens (tertiary/aromatic N) is 2. The molecular weight excluding hydrogens is 202 g/mol. The van der Waals surface area contributed by atoms with Gasteiger partial charge in [-0.2, -0.15) is 0 Å². The van der Waals surface area contributed by atoms with Gasteiger partial charge in [0.05, 0.1) is 19.5 Å². The Bertz CT molecular complexity index is 215. The zero-order valence-electron chi connectivity index (χ0n) is 10.4. The number of rotatable bonds is 3. The van der Waals surface area contributed by atoms with Gasteiger partial charge in [0.15, 0.2) is 0 Å². The van der Waals surface area contributed by atoms with Crippen molar-refractivity contribution < 1.29 is 4.74 Å².